The number of amides is 1. The van der Waals surface area contributed by atoms with Gasteiger partial charge in [-0.3, -0.25) is 4.79 Å². The third-order valence-electron chi connectivity index (χ3n) is 5.09. The van der Waals surface area contributed by atoms with Crippen LogP contribution in [0.1, 0.15) is 12.0 Å². The Morgan fingerprint density at radius 2 is 1.97 bits per heavy atom. The Hall–Kier alpha value is -2.32. The number of aryl methyl sites for hydroxylation is 1. The summed E-state index contributed by atoms with van der Waals surface area (Å²) in [5, 5.41) is 0.452. The molecule has 2 aliphatic heterocycles. The number of thioether (sulfide) groups is 1. The van der Waals surface area contributed by atoms with Gasteiger partial charge < -0.3 is 9.64 Å². The number of hydrogen-bond donors (Lipinski definition) is 0. The van der Waals surface area contributed by atoms with Crippen LogP contribution in [0.3, 0.4) is 0 Å². The summed E-state index contributed by atoms with van der Waals surface area (Å²) in [6.45, 7) is 0. The molecule has 0 N–H and O–H groups in total. The van der Waals surface area contributed by atoms with E-state index >= 15 is 0 Å². The molecule has 2 saturated heterocycles. The maximum absolute atomic E-state index is 12.5. The van der Waals surface area contributed by atoms with Crippen molar-refractivity contribution in [2.75, 3.05) is 23.5 Å². The summed E-state index contributed by atoms with van der Waals surface area (Å²) in [6, 6.07) is 17.0. The summed E-state index contributed by atoms with van der Waals surface area (Å²) in [6.07, 6.45) is 0.940. The number of anilines is 1. The minimum Gasteiger partial charge on any atom is -0.497 e. The molecule has 2 aromatic carbocycles. The minimum absolute atomic E-state index is 0.0686. The lowest BCUT2D eigenvalue weighted by molar-refractivity contribution is -0.117. The second-order valence-electron chi connectivity index (χ2n) is 7.15. The second-order valence-corrected chi connectivity index (χ2v) is 10.5. The van der Waals surface area contributed by atoms with Gasteiger partial charge in [-0.2, -0.15) is 4.99 Å². The third kappa shape index (κ3) is 4.48. The van der Waals surface area contributed by atoms with E-state index in [1.807, 2.05) is 59.5 Å². The van der Waals surface area contributed by atoms with Crippen LogP contribution < -0.4 is 9.64 Å². The SMILES string of the molecule is COc1cccc(N2C(=NC(=O)CCc3ccccc3)S[C@@H]3CS(=O)(=O)C[C@@H]32)c1. The summed E-state index contributed by atoms with van der Waals surface area (Å²) >= 11 is 1.39. The summed E-state index contributed by atoms with van der Waals surface area (Å²) < 4.78 is 29.6. The number of fused-ring (bicyclic) bond motifs is 1. The van der Waals surface area contributed by atoms with Crippen LogP contribution in [-0.2, 0) is 21.1 Å². The molecule has 4 rings (SSSR count). The van der Waals surface area contributed by atoms with Gasteiger partial charge in [0.05, 0.1) is 24.7 Å². The molecule has 8 heteroatoms. The highest BCUT2D eigenvalue weighted by Gasteiger charge is 2.49. The van der Waals surface area contributed by atoms with Crippen LogP contribution >= 0.6 is 11.8 Å². The maximum atomic E-state index is 12.5. The summed E-state index contributed by atoms with van der Waals surface area (Å²) in [4.78, 5) is 18.8. The van der Waals surface area contributed by atoms with Gasteiger partial charge in [-0.25, -0.2) is 8.42 Å². The van der Waals surface area contributed by atoms with Gasteiger partial charge in [0.15, 0.2) is 15.0 Å². The van der Waals surface area contributed by atoms with Crippen LogP contribution in [0.2, 0.25) is 0 Å². The van der Waals surface area contributed by atoms with E-state index in [1.54, 1.807) is 7.11 Å². The molecule has 0 aliphatic carbocycles. The first-order valence-corrected chi connectivity index (χ1v) is 12.1. The van der Waals surface area contributed by atoms with E-state index in [0.717, 1.165) is 11.3 Å². The molecule has 1 amide bonds. The second kappa shape index (κ2) is 8.20. The molecule has 2 atom stereocenters. The standard InChI is InChI=1S/C21H22N2O4S2/c1-27-17-9-5-8-16(12-17)23-18-13-29(25,26)14-19(18)28-21(23)22-20(24)11-10-15-6-3-2-4-7-15/h2-9,12,18-19H,10-11,13-14H2,1H3/t18-,19+/m0/s1. The maximum Gasteiger partial charge on any atom is 0.248 e. The van der Waals surface area contributed by atoms with Crippen molar-refractivity contribution in [1.29, 1.82) is 0 Å². The lowest BCUT2D eigenvalue weighted by Gasteiger charge is -2.24. The Balaban J connectivity index is 1.59. The Kier molecular flexibility index (Phi) is 5.65. The highest BCUT2D eigenvalue weighted by Crippen LogP contribution is 2.41. The van der Waals surface area contributed by atoms with Gasteiger partial charge in [-0.15, -0.1) is 0 Å². The van der Waals surface area contributed by atoms with Crippen molar-refractivity contribution in [1.82, 2.24) is 0 Å². The van der Waals surface area contributed by atoms with Gasteiger partial charge in [-0.05, 0) is 24.1 Å². The summed E-state index contributed by atoms with van der Waals surface area (Å²) in [7, 11) is -1.51. The van der Waals surface area contributed by atoms with E-state index in [2.05, 4.69) is 4.99 Å². The number of rotatable bonds is 5. The van der Waals surface area contributed by atoms with Crippen molar-refractivity contribution in [2.24, 2.45) is 4.99 Å². The Morgan fingerprint density at radius 1 is 1.17 bits per heavy atom. The molecule has 0 spiro atoms. The van der Waals surface area contributed by atoms with E-state index in [-0.39, 0.29) is 28.7 Å². The first kappa shape index (κ1) is 20.0. The number of methoxy groups -OCH3 is 1. The van der Waals surface area contributed by atoms with E-state index in [0.29, 0.717) is 23.8 Å². The molecule has 2 heterocycles. The van der Waals surface area contributed by atoms with E-state index < -0.39 is 9.84 Å². The molecule has 0 bridgehead atoms. The molecule has 6 nitrogen and oxygen atoms in total. The highest BCUT2D eigenvalue weighted by molar-refractivity contribution is 8.16. The van der Waals surface area contributed by atoms with Crippen LogP contribution in [0, 0.1) is 0 Å². The first-order valence-electron chi connectivity index (χ1n) is 9.41. The number of ether oxygens (including phenoxy) is 1. The average molecular weight is 431 g/mol. The van der Waals surface area contributed by atoms with Gasteiger partial charge in [0.25, 0.3) is 0 Å². The quantitative estimate of drug-likeness (QED) is 0.726. The zero-order valence-electron chi connectivity index (χ0n) is 16.0. The van der Waals surface area contributed by atoms with E-state index in [9.17, 15) is 13.2 Å². The monoisotopic (exact) mass is 430 g/mol. The highest BCUT2D eigenvalue weighted by atomic mass is 32.2. The number of nitrogens with zero attached hydrogens (tertiary/aromatic N) is 2. The number of sulfone groups is 1. The molecule has 29 heavy (non-hydrogen) atoms. The lowest BCUT2D eigenvalue weighted by Crippen LogP contribution is -2.37. The zero-order valence-corrected chi connectivity index (χ0v) is 17.7. The fraction of sp³-hybridized carbons (Fsp3) is 0.333. The number of hydrogen-bond acceptors (Lipinski definition) is 5. The van der Waals surface area contributed by atoms with Crippen molar-refractivity contribution in [2.45, 2.75) is 24.1 Å². The van der Waals surface area contributed by atoms with Crippen molar-refractivity contribution in [3.05, 3.63) is 60.2 Å². The number of amidine groups is 1. The fourth-order valence-electron chi connectivity index (χ4n) is 3.69. The van der Waals surface area contributed by atoms with Gasteiger partial charge in [0.1, 0.15) is 5.75 Å². The van der Waals surface area contributed by atoms with Crippen molar-refractivity contribution in [3.63, 3.8) is 0 Å². The Labute approximate surface area is 174 Å². The molecule has 0 saturated carbocycles. The van der Waals surface area contributed by atoms with Crippen LogP contribution in [0.25, 0.3) is 0 Å². The number of carbonyl (C=O) groups is 1. The molecular formula is C21H22N2O4S2. The predicted molar refractivity (Wildman–Crippen MR) is 116 cm³/mol. The molecule has 152 valence electrons. The third-order valence-corrected chi connectivity index (χ3v) is 8.30. The summed E-state index contributed by atoms with van der Waals surface area (Å²) in [5.41, 5.74) is 1.88. The average Bonchev–Trinajstić information content (AvgIpc) is 3.17. The van der Waals surface area contributed by atoms with Crippen LogP contribution in [0.15, 0.2) is 59.6 Å². The number of carbonyl (C=O) groups excluding carboxylic acids is 1. The minimum atomic E-state index is -3.09. The topological polar surface area (TPSA) is 76.0 Å². The molecule has 2 aliphatic rings. The number of benzene rings is 2. The van der Waals surface area contributed by atoms with Gasteiger partial charge >= 0.3 is 0 Å². The van der Waals surface area contributed by atoms with Crippen molar-refractivity contribution >= 4 is 38.4 Å². The normalized spacial score (nSPS) is 23.9. The predicted octanol–water partition coefficient (Wildman–Crippen LogP) is 2.93. The van der Waals surface area contributed by atoms with Crippen LogP contribution in [-0.4, -0.2) is 49.4 Å². The van der Waals surface area contributed by atoms with Crippen molar-refractivity contribution < 1.29 is 17.9 Å². The largest absolute Gasteiger partial charge is 0.497 e. The molecule has 2 fully saturated rings. The lowest BCUT2D eigenvalue weighted by atomic mass is 10.1. The molecule has 0 aromatic heterocycles. The summed E-state index contributed by atoms with van der Waals surface area (Å²) in [5.74, 6) is 0.651. The van der Waals surface area contributed by atoms with Crippen LogP contribution in [0.5, 0.6) is 5.75 Å². The molecule has 0 radical (unpaired) electrons. The van der Waals surface area contributed by atoms with Gasteiger partial charge in [0.2, 0.25) is 5.91 Å². The van der Waals surface area contributed by atoms with E-state index in [4.69, 9.17) is 4.74 Å². The van der Waals surface area contributed by atoms with E-state index in [1.165, 1.54) is 11.8 Å². The molecule has 0 unspecified atom stereocenters. The Bertz CT molecular complexity index is 1040. The number of aliphatic imine (C=N–C) groups is 1. The molecular weight excluding hydrogens is 408 g/mol. The zero-order chi connectivity index (χ0) is 20.4. The Morgan fingerprint density at radius 3 is 2.72 bits per heavy atom. The van der Waals surface area contributed by atoms with Gasteiger partial charge in [-0.1, -0.05) is 48.2 Å². The van der Waals surface area contributed by atoms with Crippen LogP contribution in [0.4, 0.5) is 5.69 Å². The van der Waals surface area contributed by atoms with Gasteiger partial charge in [0, 0.05) is 23.4 Å². The van der Waals surface area contributed by atoms with Crippen molar-refractivity contribution in [3.8, 4) is 5.75 Å². The molecule has 2 aromatic rings. The first-order chi connectivity index (χ1) is 13.9. The fourth-order valence-corrected chi connectivity index (χ4v) is 7.62. The smallest absolute Gasteiger partial charge is 0.248 e.